The van der Waals surface area contributed by atoms with Crippen molar-refractivity contribution in [3.05, 3.63) is 58.6 Å². The van der Waals surface area contributed by atoms with Crippen LogP contribution in [0.25, 0.3) is 0 Å². The fourth-order valence-electron chi connectivity index (χ4n) is 3.55. The number of ether oxygens (including phenoxy) is 3. The van der Waals surface area contributed by atoms with Gasteiger partial charge in [-0.3, -0.25) is 4.79 Å². The summed E-state index contributed by atoms with van der Waals surface area (Å²) < 4.78 is 17.7. The number of carbonyl (C=O) groups is 1. The molecule has 0 radical (unpaired) electrons. The number of hydrogen-bond acceptors (Lipinski definition) is 4. The number of nitrogens with zero attached hydrogens (tertiary/aromatic N) is 1. The first kappa shape index (κ1) is 18.3. The summed E-state index contributed by atoms with van der Waals surface area (Å²) in [5.41, 5.74) is 2.35. The molecule has 5 nitrogen and oxygen atoms in total. The Morgan fingerprint density at radius 1 is 1.19 bits per heavy atom. The van der Waals surface area contributed by atoms with Crippen LogP contribution in [0.5, 0.6) is 5.75 Å². The zero-order valence-electron chi connectivity index (χ0n) is 15.4. The molecule has 1 amide bonds. The summed E-state index contributed by atoms with van der Waals surface area (Å²) in [6.07, 6.45) is 0.804. The summed E-state index contributed by atoms with van der Waals surface area (Å²) in [4.78, 5) is 15.1. The molecular formula is C21H22ClNO4. The second kappa shape index (κ2) is 7.15. The number of para-hydroxylation sites is 1. The van der Waals surface area contributed by atoms with Crippen molar-refractivity contribution >= 4 is 23.2 Å². The van der Waals surface area contributed by atoms with Gasteiger partial charge in [0.15, 0.2) is 0 Å². The molecule has 142 valence electrons. The first-order chi connectivity index (χ1) is 13.0. The molecule has 0 aromatic heterocycles. The minimum absolute atomic E-state index is 0.0443. The molecule has 4 rings (SSSR count). The Morgan fingerprint density at radius 2 is 1.93 bits per heavy atom. The number of rotatable bonds is 4. The van der Waals surface area contributed by atoms with Crippen molar-refractivity contribution in [3.8, 4) is 5.75 Å². The van der Waals surface area contributed by atoms with E-state index in [9.17, 15) is 4.79 Å². The molecule has 2 heterocycles. The van der Waals surface area contributed by atoms with Gasteiger partial charge in [0.1, 0.15) is 5.75 Å². The van der Waals surface area contributed by atoms with Gasteiger partial charge in [-0.25, -0.2) is 0 Å². The van der Waals surface area contributed by atoms with Crippen molar-refractivity contribution < 1.29 is 19.0 Å². The Bertz CT molecular complexity index is 861. The SMILES string of the molecule is CC(C)Oc1ccccc1CN1C(=O)C2(OCCCO2)c2cc(Cl)ccc21. The minimum atomic E-state index is -1.40. The highest BCUT2D eigenvalue weighted by molar-refractivity contribution is 6.31. The highest BCUT2D eigenvalue weighted by Gasteiger charge is 2.55. The van der Waals surface area contributed by atoms with Crippen LogP contribution in [0.3, 0.4) is 0 Å². The number of amides is 1. The lowest BCUT2D eigenvalue weighted by Crippen LogP contribution is -2.47. The standard InChI is InChI=1S/C21H22ClNO4/c1-14(2)27-19-7-4-3-6-15(19)13-23-18-9-8-16(22)12-17(18)21(20(23)24)25-10-5-11-26-21/h3-4,6-9,12,14H,5,10-11,13H2,1-2H3. The van der Waals surface area contributed by atoms with Crippen LogP contribution in [0.15, 0.2) is 42.5 Å². The Balaban J connectivity index is 1.74. The number of hydrogen-bond donors (Lipinski definition) is 0. The first-order valence-corrected chi connectivity index (χ1v) is 9.53. The van der Waals surface area contributed by atoms with Crippen molar-refractivity contribution in [1.29, 1.82) is 0 Å². The summed E-state index contributed by atoms with van der Waals surface area (Å²) >= 11 is 6.20. The first-order valence-electron chi connectivity index (χ1n) is 9.16. The average molecular weight is 388 g/mol. The third kappa shape index (κ3) is 3.20. The highest BCUT2D eigenvalue weighted by atomic mass is 35.5. The van der Waals surface area contributed by atoms with Crippen molar-refractivity contribution in [2.45, 2.75) is 38.7 Å². The molecule has 1 fully saturated rings. The van der Waals surface area contributed by atoms with E-state index in [-0.39, 0.29) is 12.0 Å². The monoisotopic (exact) mass is 387 g/mol. The highest BCUT2D eigenvalue weighted by Crippen LogP contribution is 2.47. The van der Waals surface area contributed by atoms with Crippen LogP contribution in [0.4, 0.5) is 5.69 Å². The summed E-state index contributed by atoms with van der Waals surface area (Å²) in [6, 6.07) is 13.1. The minimum Gasteiger partial charge on any atom is -0.491 e. The molecule has 27 heavy (non-hydrogen) atoms. The zero-order valence-corrected chi connectivity index (χ0v) is 16.2. The van der Waals surface area contributed by atoms with Gasteiger partial charge in [-0.15, -0.1) is 0 Å². The third-order valence-electron chi connectivity index (χ3n) is 4.69. The van der Waals surface area contributed by atoms with E-state index in [0.717, 1.165) is 23.4 Å². The second-order valence-corrected chi connectivity index (χ2v) is 7.43. The van der Waals surface area contributed by atoms with E-state index < -0.39 is 5.79 Å². The van der Waals surface area contributed by atoms with Gasteiger partial charge >= 0.3 is 0 Å². The van der Waals surface area contributed by atoms with Gasteiger partial charge in [-0.1, -0.05) is 29.8 Å². The number of carbonyl (C=O) groups excluding carboxylic acids is 1. The maximum absolute atomic E-state index is 13.4. The molecular weight excluding hydrogens is 366 g/mol. The Hall–Kier alpha value is -2.08. The van der Waals surface area contributed by atoms with E-state index in [1.165, 1.54) is 0 Å². The van der Waals surface area contributed by atoms with Crippen molar-refractivity contribution in [2.75, 3.05) is 18.1 Å². The fraction of sp³-hybridized carbons (Fsp3) is 0.381. The Labute approximate surface area is 163 Å². The van der Waals surface area contributed by atoms with Crippen LogP contribution in [-0.4, -0.2) is 25.2 Å². The molecule has 0 saturated carbocycles. The summed E-state index contributed by atoms with van der Waals surface area (Å²) in [5, 5.41) is 0.545. The summed E-state index contributed by atoms with van der Waals surface area (Å²) in [6.45, 7) is 5.27. The summed E-state index contributed by atoms with van der Waals surface area (Å²) in [5.74, 6) is -0.854. The number of anilines is 1. The quantitative estimate of drug-likeness (QED) is 0.786. The predicted molar refractivity (Wildman–Crippen MR) is 103 cm³/mol. The fourth-order valence-corrected chi connectivity index (χ4v) is 3.72. The van der Waals surface area contributed by atoms with Crippen molar-refractivity contribution in [1.82, 2.24) is 0 Å². The van der Waals surface area contributed by atoms with Gasteiger partial charge < -0.3 is 19.1 Å². The van der Waals surface area contributed by atoms with Crippen LogP contribution in [0.1, 0.15) is 31.4 Å². The molecule has 1 spiro atoms. The molecule has 6 heteroatoms. The van der Waals surface area contributed by atoms with Crippen molar-refractivity contribution in [3.63, 3.8) is 0 Å². The molecule has 2 aromatic rings. The molecule has 2 aromatic carbocycles. The normalized spacial score (nSPS) is 18.2. The topological polar surface area (TPSA) is 48.0 Å². The number of halogens is 1. The van der Waals surface area contributed by atoms with E-state index in [4.69, 9.17) is 25.8 Å². The predicted octanol–water partition coefficient (Wildman–Crippen LogP) is 4.26. The van der Waals surface area contributed by atoms with Crippen LogP contribution in [0.2, 0.25) is 5.02 Å². The van der Waals surface area contributed by atoms with Crippen LogP contribution in [-0.2, 0) is 26.6 Å². The number of benzene rings is 2. The maximum atomic E-state index is 13.4. The Kier molecular flexibility index (Phi) is 4.84. The molecule has 0 bridgehead atoms. The van der Waals surface area contributed by atoms with Gasteiger partial charge in [-0.2, -0.15) is 0 Å². The molecule has 0 atom stereocenters. The van der Waals surface area contributed by atoms with Gasteiger partial charge in [0.25, 0.3) is 11.7 Å². The van der Waals surface area contributed by atoms with E-state index in [1.807, 2.05) is 44.2 Å². The van der Waals surface area contributed by atoms with E-state index >= 15 is 0 Å². The lowest BCUT2D eigenvalue weighted by Gasteiger charge is -2.32. The lowest BCUT2D eigenvalue weighted by molar-refractivity contribution is -0.256. The largest absolute Gasteiger partial charge is 0.491 e. The zero-order chi connectivity index (χ0) is 19.0. The molecule has 2 aliphatic rings. The van der Waals surface area contributed by atoms with Crippen molar-refractivity contribution in [2.24, 2.45) is 0 Å². The van der Waals surface area contributed by atoms with Gasteiger partial charge in [0, 0.05) is 16.1 Å². The lowest BCUT2D eigenvalue weighted by atomic mass is 10.1. The third-order valence-corrected chi connectivity index (χ3v) is 4.93. The average Bonchev–Trinajstić information content (AvgIpc) is 2.86. The van der Waals surface area contributed by atoms with Gasteiger partial charge in [-0.05, 0) is 44.5 Å². The smallest absolute Gasteiger partial charge is 0.292 e. The number of fused-ring (bicyclic) bond motifs is 2. The van der Waals surface area contributed by atoms with E-state index in [2.05, 4.69) is 0 Å². The molecule has 0 unspecified atom stereocenters. The van der Waals surface area contributed by atoms with Gasteiger partial charge in [0.05, 0.1) is 31.5 Å². The maximum Gasteiger partial charge on any atom is 0.292 e. The van der Waals surface area contributed by atoms with Gasteiger partial charge in [0.2, 0.25) is 0 Å². The van der Waals surface area contributed by atoms with E-state index in [1.54, 1.807) is 17.0 Å². The second-order valence-electron chi connectivity index (χ2n) is 6.99. The van der Waals surface area contributed by atoms with Crippen LogP contribution >= 0.6 is 11.6 Å². The van der Waals surface area contributed by atoms with Crippen LogP contribution < -0.4 is 9.64 Å². The molecule has 1 saturated heterocycles. The molecule has 0 aliphatic carbocycles. The Morgan fingerprint density at radius 3 is 2.67 bits per heavy atom. The van der Waals surface area contributed by atoms with E-state index in [0.29, 0.717) is 30.3 Å². The summed E-state index contributed by atoms with van der Waals surface area (Å²) in [7, 11) is 0. The molecule has 0 N–H and O–H groups in total. The van der Waals surface area contributed by atoms with Crippen LogP contribution in [0, 0.1) is 0 Å². The molecule has 2 aliphatic heterocycles.